The van der Waals surface area contributed by atoms with Gasteiger partial charge in [0, 0.05) is 6.08 Å². The monoisotopic (exact) mass is 406 g/mol. The molecule has 0 fully saturated rings. The van der Waals surface area contributed by atoms with Crippen LogP contribution in [-0.4, -0.2) is 30.4 Å². The van der Waals surface area contributed by atoms with E-state index in [1.165, 1.54) is 31.6 Å². The van der Waals surface area contributed by atoms with Crippen LogP contribution in [-0.2, 0) is 16.1 Å². The van der Waals surface area contributed by atoms with Crippen LogP contribution in [0.5, 0.6) is 11.5 Å². The van der Waals surface area contributed by atoms with E-state index in [2.05, 4.69) is 10.2 Å². The topological polar surface area (TPSA) is 83.7 Å². The fourth-order valence-electron chi connectivity index (χ4n) is 2.19. The van der Waals surface area contributed by atoms with Gasteiger partial charge in [-0.2, -0.15) is 0 Å². The molecule has 0 amide bonds. The van der Waals surface area contributed by atoms with Crippen molar-refractivity contribution in [3.05, 3.63) is 52.2 Å². The molecule has 0 spiro atoms. The standard InChI is InChI=1S/C18H15ClN2O5S/c1-23-13-9-11(8-12(19)17(13)24-2)5-6-16(22)25-10-15-20-21-18(26-15)14-4-3-7-27-14/h3-9H,10H2,1-2H3. The van der Waals surface area contributed by atoms with Gasteiger partial charge in [0.1, 0.15) is 0 Å². The number of ether oxygens (including phenoxy) is 3. The molecule has 7 nitrogen and oxygen atoms in total. The van der Waals surface area contributed by atoms with Gasteiger partial charge in [0.25, 0.3) is 11.8 Å². The Morgan fingerprint density at radius 1 is 1.30 bits per heavy atom. The van der Waals surface area contributed by atoms with Gasteiger partial charge in [-0.15, -0.1) is 21.5 Å². The van der Waals surface area contributed by atoms with E-state index in [4.69, 9.17) is 30.2 Å². The molecule has 27 heavy (non-hydrogen) atoms. The Hall–Kier alpha value is -2.84. The summed E-state index contributed by atoms with van der Waals surface area (Å²) in [6, 6.07) is 7.10. The van der Waals surface area contributed by atoms with Crippen LogP contribution in [0.4, 0.5) is 0 Å². The molecule has 0 saturated carbocycles. The van der Waals surface area contributed by atoms with Gasteiger partial charge in [-0.05, 0) is 35.2 Å². The first-order valence-corrected chi connectivity index (χ1v) is 8.99. The highest BCUT2D eigenvalue weighted by Crippen LogP contribution is 2.36. The molecule has 0 aliphatic rings. The van der Waals surface area contributed by atoms with E-state index in [0.29, 0.717) is 28.0 Å². The number of methoxy groups -OCH3 is 2. The second-order valence-electron chi connectivity index (χ2n) is 5.16. The quantitative estimate of drug-likeness (QED) is 0.429. The molecule has 2 aromatic heterocycles. The third kappa shape index (κ3) is 4.66. The largest absolute Gasteiger partial charge is 0.493 e. The molecule has 1 aromatic carbocycles. The molecule has 3 rings (SSSR count). The Kier molecular flexibility index (Phi) is 6.10. The van der Waals surface area contributed by atoms with E-state index in [0.717, 1.165) is 4.88 Å². The van der Waals surface area contributed by atoms with Gasteiger partial charge in [-0.25, -0.2) is 4.79 Å². The number of esters is 1. The SMILES string of the molecule is COc1cc(C=CC(=O)OCc2nnc(-c3cccs3)o2)cc(Cl)c1OC. The minimum atomic E-state index is -0.559. The second-order valence-corrected chi connectivity index (χ2v) is 6.51. The molecule has 0 bridgehead atoms. The first-order chi connectivity index (χ1) is 13.1. The van der Waals surface area contributed by atoms with E-state index in [-0.39, 0.29) is 12.5 Å². The molecule has 0 unspecified atom stereocenters. The number of hydrogen-bond acceptors (Lipinski definition) is 8. The van der Waals surface area contributed by atoms with Crippen LogP contribution >= 0.6 is 22.9 Å². The molecular formula is C18H15ClN2O5S. The Bertz CT molecular complexity index is 953. The molecule has 0 radical (unpaired) electrons. The van der Waals surface area contributed by atoms with Crippen LogP contribution in [0.25, 0.3) is 16.8 Å². The maximum atomic E-state index is 11.9. The van der Waals surface area contributed by atoms with Crippen molar-refractivity contribution in [1.82, 2.24) is 10.2 Å². The first kappa shape index (κ1) is 18.9. The lowest BCUT2D eigenvalue weighted by Crippen LogP contribution is -2.01. The number of hydrogen-bond donors (Lipinski definition) is 0. The average Bonchev–Trinajstić information content (AvgIpc) is 3.35. The Balaban J connectivity index is 1.60. The molecule has 9 heteroatoms. The van der Waals surface area contributed by atoms with Gasteiger partial charge in [-0.1, -0.05) is 17.7 Å². The summed E-state index contributed by atoms with van der Waals surface area (Å²) < 4.78 is 20.9. The number of carbonyl (C=O) groups is 1. The molecule has 0 aliphatic heterocycles. The van der Waals surface area contributed by atoms with Crippen molar-refractivity contribution in [2.45, 2.75) is 6.61 Å². The van der Waals surface area contributed by atoms with E-state index < -0.39 is 5.97 Å². The summed E-state index contributed by atoms with van der Waals surface area (Å²) in [6.45, 7) is -0.117. The van der Waals surface area contributed by atoms with E-state index in [9.17, 15) is 4.79 Å². The van der Waals surface area contributed by atoms with Crippen LogP contribution < -0.4 is 9.47 Å². The number of thiophene rings is 1. The predicted molar refractivity (Wildman–Crippen MR) is 101 cm³/mol. The Labute approximate surface area is 164 Å². The zero-order chi connectivity index (χ0) is 19.2. The summed E-state index contributed by atoms with van der Waals surface area (Å²) in [7, 11) is 3.00. The average molecular weight is 407 g/mol. The summed E-state index contributed by atoms with van der Waals surface area (Å²) in [5, 5.41) is 10.1. The summed E-state index contributed by atoms with van der Waals surface area (Å²) in [4.78, 5) is 12.8. The zero-order valence-corrected chi connectivity index (χ0v) is 16.0. The molecular weight excluding hydrogens is 392 g/mol. The Morgan fingerprint density at radius 3 is 2.85 bits per heavy atom. The molecule has 3 aromatic rings. The van der Waals surface area contributed by atoms with Gasteiger partial charge < -0.3 is 18.6 Å². The maximum absolute atomic E-state index is 11.9. The highest BCUT2D eigenvalue weighted by molar-refractivity contribution is 7.13. The van der Waals surface area contributed by atoms with Crippen molar-refractivity contribution in [3.63, 3.8) is 0 Å². The van der Waals surface area contributed by atoms with Crippen molar-refractivity contribution < 1.29 is 23.4 Å². The van der Waals surface area contributed by atoms with Crippen LogP contribution in [0, 0.1) is 0 Å². The fraction of sp³-hybridized carbons (Fsp3) is 0.167. The minimum absolute atomic E-state index is 0.117. The molecule has 2 heterocycles. The van der Waals surface area contributed by atoms with Crippen LogP contribution in [0.3, 0.4) is 0 Å². The van der Waals surface area contributed by atoms with Crippen molar-refractivity contribution >= 4 is 35.0 Å². The van der Waals surface area contributed by atoms with Crippen LogP contribution in [0.1, 0.15) is 11.5 Å². The predicted octanol–water partition coefficient (Wildman–Crippen LogP) is 4.23. The highest BCUT2D eigenvalue weighted by atomic mass is 35.5. The fourth-order valence-corrected chi connectivity index (χ4v) is 3.13. The molecule has 0 saturated heterocycles. The van der Waals surface area contributed by atoms with Crippen molar-refractivity contribution in [2.24, 2.45) is 0 Å². The first-order valence-electron chi connectivity index (χ1n) is 7.73. The Morgan fingerprint density at radius 2 is 2.15 bits per heavy atom. The van der Waals surface area contributed by atoms with Crippen molar-refractivity contribution in [3.8, 4) is 22.3 Å². The van der Waals surface area contributed by atoms with Gasteiger partial charge in [0.05, 0.1) is 24.1 Å². The van der Waals surface area contributed by atoms with Gasteiger partial charge >= 0.3 is 5.97 Å². The second kappa shape index (κ2) is 8.70. The lowest BCUT2D eigenvalue weighted by molar-refractivity contribution is -0.139. The van der Waals surface area contributed by atoms with Crippen molar-refractivity contribution in [1.29, 1.82) is 0 Å². The van der Waals surface area contributed by atoms with E-state index >= 15 is 0 Å². The number of rotatable bonds is 7. The molecule has 0 atom stereocenters. The third-order valence-electron chi connectivity index (χ3n) is 3.40. The van der Waals surface area contributed by atoms with Crippen LogP contribution in [0.15, 0.2) is 40.1 Å². The van der Waals surface area contributed by atoms with E-state index in [1.54, 1.807) is 18.2 Å². The van der Waals surface area contributed by atoms with Gasteiger partial charge in [0.15, 0.2) is 18.1 Å². The number of halogens is 1. The highest BCUT2D eigenvalue weighted by Gasteiger charge is 2.12. The molecule has 0 N–H and O–H groups in total. The normalized spacial score (nSPS) is 10.9. The number of nitrogens with zero attached hydrogens (tertiary/aromatic N) is 2. The summed E-state index contributed by atoms with van der Waals surface area (Å²) in [6.07, 6.45) is 2.83. The smallest absolute Gasteiger partial charge is 0.331 e. The summed E-state index contributed by atoms with van der Waals surface area (Å²) in [5.74, 6) is 0.944. The van der Waals surface area contributed by atoms with Gasteiger partial charge in [-0.3, -0.25) is 0 Å². The lowest BCUT2D eigenvalue weighted by atomic mass is 10.2. The molecule has 0 aliphatic carbocycles. The number of benzene rings is 1. The van der Waals surface area contributed by atoms with Crippen LogP contribution in [0.2, 0.25) is 5.02 Å². The third-order valence-corrected chi connectivity index (χ3v) is 4.54. The lowest BCUT2D eigenvalue weighted by Gasteiger charge is -2.10. The minimum Gasteiger partial charge on any atom is -0.493 e. The van der Waals surface area contributed by atoms with Crippen molar-refractivity contribution in [2.75, 3.05) is 14.2 Å². The maximum Gasteiger partial charge on any atom is 0.331 e. The molecule has 140 valence electrons. The van der Waals surface area contributed by atoms with E-state index in [1.807, 2.05) is 17.5 Å². The summed E-state index contributed by atoms with van der Waals surface area (Å²) in [5.41, 5.74) is 0.660. The zero-order valence-electron chi connectivity index (χ0n) is 14.5. The van der Waals surface area contributed by atoms with Gasteiger partial charge in [0.2, 0.25) is 0 Å². The number of aromatic nitrogens is 2. The number of carbonyl (C=O) groups excluding carboxylic acids is 1. The summed E-state index contributed by atoms with van der Waals surface area (Å²) >= 11 is 7.61.